The third kappa shape index (κ3) is 3.35. The fourth-order valence-electron chi connectivity index (χ4n) is 1.43. The molecule has 0 bridgehead atoms. The first-order chi connectivity index (χ1) is 8.25. The average molecular weight is 247 g/mol. The van der Waals surface area contributed by atoms with Crippen LogP contribution in [0.2, 0.25) is 0 Å². The Bertz CT molecular complexity index is 495. The predicted octanol–water partition coefficient (Wildman–Crippen LogP) is 1.82. The minimum Gasteiger partial charge on any atom is -0.352 e. The van der Waals surface area contributed by atoms with E-state index in [1.807, 2.05) is 12.3 Å². The van der Waals surface area contributed by atoms with Crippen LogP contribution in [0, 0.1) is 6.92 Å². The number of rotatable bonds is 4. The summed E-state index contributed by atoms with van der Waals surface area (Å²) in [6.45, 7) is 2.57. The van der Waals surface area contributed by atoms with Crippen LogP contribution in [0.1, 0.15) is 21.1 Å². The Balaban J connectivity index is 1.81. The first-order valence-corrected chi connectivity index (χ1v) is 6.23. The van der Waals surface area contributed by atoms with Crippen molar-refractivity contribution in [3.8, 4) is 0 Å². The Morgan fingerprint density at radius 2 is 2.41 bits per heavy atom. The average Bonchev–Trinajstić information content (AvgIpc) is 2.76. The molecule has 0 aliphatic rings. The largest absolute Gasteiger partial charge is 0.352 e. The smallest absolute Gasteiger partial charge is 0.252 e. The first kappa shape index (κ1) is 11.7. The molecule has 0 aromatic carbocycles. The summed E-state index contributed by atoms with van der Waals surface area (Å²) in [6, 6.07) is 3.49. The normalized spacial score (nSPS) is 10.2. The zero-order valence-electron chi connectivity index (χ0n) is 9.51. The van der Waals surface area contributed by atoms with Gasteiger partial charge in [0, 0.05) is 30.7 Å². The quantitative estimate of drug-likeness (QED) is 0.896. The van der Waals surface area contributed by atoms with Crippen molar-refractivity contribution in [2.45, 2.75) is 13.3 Å². The summed E-state index contributed by atoms with van der Waals surface area (Å²) in [6.07, 6.45) is 3.97. The van der Waals surface area contributed by atoms with Gasteiger partial charge in [0.15, 0.2) is 0 Å². The number of nitrogens with zero attached hydrogens (tertiary/aromatic N) is 2. The van der Waals surface area contributed by atoms with Crippen LogP contribution in [0.4, 0.5) is 0 Å². The zero-order valence-corrected chi connectivity index (χ0v) is 10.3. The third-order valence-corrected chi connectivity index (χ3v) is 3.08. The van der Waals surface area contributed by atoms with Gasteiger partial charge in [0.25, 0.3) is 5.91 Å². The van der Waals surface area contributed by atoms with Gasteiger partial charge in [0.2, 0.25) is 0 Å². The number of aryl methyl sites for hydroxylation is 1. The molecule has 2 heterocycles. The predicted molar refractivity (Wildman–Crippen MR) is 67.1 cm³/mol. The van der Waals surface area contributed by atoms with E-state index in [-0.39, 0.29) is 5.91 Å². The SMILES string of the molecule is Cc1nc(CCNC(=O)c2cccnc2)cs1. The summed E-state index contributed by atoms with van der Waals surface area (Å²) in [5, 5.41) is 5.92. The number of amides is 1. The highest BCUT2D eigenvalue weighted by atomic mass is 32.1. The van der Waals surface area contributed by atoms with E-state index in [0.29, 0.717) is 12.1 Å². The maximum Gasteiger partial charge on any atom is 0.252 e. The fraction of sp³-hybridized carbons (Fsp3) is 0.250. The summed E-state index contributed by atoms with van der Waals surface area (Å²) in [4.78, 5) is 19.9. The Hall–Kier alpha value is -1.75. The molecule has 4 nitrogen and oxygen atoms in total. The van der Waals surface area contributed by atoms with Crippen molar-refractivity contribution in [2.24, 2.45) is 0 Å². The highest BCUT2D eigenvalue weighted by Crippen LogP contribution is 2.07. The monoisotopic (exact) mass is 247 g/mol. The Morgan fingerprint density at radius 3 is 3.06 bits per heavy atom. The molecule has 2 aromatic rings. The van der Waals surface area contributed by atoms with Crippen LogP contribution in [0.15, 0.2) is 29.9 Å². The van der Waals surface area contributed by atoms with Crippen LogP contribution >= 0.6 is 11.3 Å². The summed E-state index contributed by atoms with van der Waals surface area (Å²) in [5.74, 6) is -0.0925. The summed E-state index contributed by atoms with van der Waals surface area (Å²) in [7, 11) is 0. The van der Waals surface area contributed by atoms with Crippen LogP contribution in [0.25, 0.3) is 0 Å². The number of hydrogen-bond donors (Lipinski definition) is 1. The van der Waals surface area contributed by atoms with Crippen molar-refractivity contribution < 1.29 is 4.79 Å². The number of nitrogens with one attached hydrogen (secondary N) is 1. The number of carbonyl (C=O) groups is 1. The van der Waals surface area contributed by atoms with Gasteiger partial charge in [-0.25, -0.2) is 4.98 Å². The van der Waals surface area contributed by atoms with Crippen molar-refractivity contribution in [1.82, 2.24) is 15.3 Å². The molecular weight excluding hydrogens is 234 g/mol. The van der Waals surface area contributed by atoms with Crippen LogP contribution in [-0.2, 0) is 6.42 Å². The zero-order chi connectivity index (χ0) is 12.1. The molecule has 0 atom stereocenters. The number of carbonyl (C=O) groups excluding carboxylic acids is 1. The lowest BCUT2D eigenvalue weighted by atomic mass is 10.2. The number of aromatic nitrogens is 2. The summed E-state index contributed by atoms with van der Waals surface area (Å²) in [5.41, 5.74) is 1.61. The minimum atomic E-state index is -0.0925. The van der Waals surface area contributed by atoms with Gasteiger partial charge in [-0.3, -0.25) is 9.78 Å². The van der Waals surface area contributed by atoms with Gasteiger partial charge in [-0.2, -0.15) is 0 Å². The lowest BCUT2D eigenvalue weighted by molar-refractivity contribution is 0.0953. The molecule has 0 aliphatic heterocycles. The van der Waals surface area contributed by atoms with E-state index >= 15 is 0 Å². The second kappa shape index (κ2) is 5.54. The topological polar surface area (TPSA) is 54.9 Å². The standard InChI is InChI=1S/C12H13N3OS/c1-9-15-11(8-17-9)4-6-14-12(16)10-3-2-5-13-7-10/h2-3,5,7-8H,4,6H2,1H3,(H,14,16). The molecule has 0 unspecified atom stereocenters. The number of pyridine rings is 1. The molecule has 0 radical (unpaired) electrons. The van der Waals surface area contributed by atoms with E-state index in [1.54, 1.807) is 35.9 Å². The molecule has 1 N–H and O–H groups in total. The van der Waals surface area contributed by atoms with Gasteiger partial charge >= 0.3 is 0 Å². The second-order valence-corrected chi connectivity index (χ2v) is 4.67. The molecule has 1 amide bonds. The molecule has 17 heavy (non-hydrogen) atoms. The van der Waals surface area contributed by atoms with E-state index < -0.39 is 0 Å². The Morgan fingerprint density at radius 1 is 1.53 bits per heavy atom. The summed E-state index contributed by atoms with van der Waals surface area (Å²) >= 11 is 1.63. The van der Waals surface area contributed by atoms with Crippen molar-refractivity contribution in [1.29, 1.82) is 0 Å². The molecule has 2 rings (SSSR count). The third-order valence-electron chi connectivity index (χ3n) is 2.26. The second-order valence-electron chi connectivity index (χ2n) is 3.61. The fourth-order valence-corrected chi connectivity index (χ4v) is 2.07. The Kier molecular flexibility index (Phi) is 3.82. The van der Waals surface area contributed by atoms with E-state index in [2.05, 4.69) is 15.3 Å². The Labute approximate surface area is 104 Å². The van der Waals surface area contributed by atoms with Crippen LogP contribution < -0.4 is 5.32 Å². The van der Waals surface area contributed by atoms with Crippen molar-refractivity contribution in [3.63, 3.8) is 0 Å². The molecule has 2 aromatic heterocycles. The molecule has 88 valence electrons. The van der Waals surface area contributed by atoms with Crippen LogP contribution in [0.3, 0.4) is 0 Å². The van der Waals surface area contributed by atoms with Gasteiger partial charge in [-0.15, -0.1) is 11.3 Å². The van der Waals surface area contributed by atoms with E-state index in [9.17, 15) is 4.79 Å². The highest BCUT2D eigenvalue weighted by Gasteiger charge is 2.04. The maximum atomic E-state index is 11.7. The molecule has 0 spiro atoms. The van der Waals surface area contributed by atoms with Gasteiger partial charge < -0.3 is 5.32 Å². The highest BCUT2D eigenvalue weighted by molar-refractivity contribution is 7.09. The van der Waals surface area contributed by atoms with Crippen molar-refractivity contribution >= 4 is 17.2 Å². The van der Waals surface area contributed by atoms with E-state index in [0.717, 1.165) is 17.1 Å². The molecule has 0 saturated carbocycles. The van der Waals surface area contributed by atoms with E-state index in [4.69, 9.17) is 0 Å². The van der Waals surface area contributed by atoms with Gasteiger partial charge in [0.1, 0.15) is 0 Å². The lowest BCUT2D eigenvalue weighted by Gasteiger charge is -2.03. The number of hydrogen-bond acceptors (Lipinski definition) is 4. The van der Waals surface area contributed by atoms with Gasteiger partial charge in [0.05, 0.1) is 16.3 Å². The van der Waals surface area contributed by atoms with Crippen molar-refractivity contribution in [3.05, 3.63) is 46.2 Å². The molecule has 0 fully saturated rings. The van der Waals surface area contributed by atoms with Crippen LogP contribution in [-0.4, -0.2) is 22.4 Å². The summed E-state index contributed by atoms with van der Waals surface area (Å²) < 4.78 is 0. The maximum absolute atomic E-state index is 11.7. The molecule has 0 aliphatic carbocycles. The van der Waals surface area contributed by atoms with Gasteiger partial charge in [-0.1, -0.05) is 0 Å². The molecular formula is C12H13N3OS. The number of thiazole rings is 1. The van der Waals surface area contributed by atoms with Gasteiger partial charge in [-0.05, 0) is 19.1 Å². The van der Waals surface area contributed by atoms with Crippen molar-refractivity contribution in [2.75, 3.05) is 6.54 Å². The first-order valence-electron chi connectivity index (χ1n) is 5.35. The van der Waals surface area contributed by atoms with E-state index in [1.165, 1.54) is 0 Å². The minimum absolute atomic E-state index is 0.0925. The van der Waals surface area contributed by atoms with Crippen LogP contribution in [0.5, 0.6) is 0 Å². The molecule has 0 saturated heterocycles. The lowest BCUT2D eigenvalue weighted by Crippen LogP contribution is -2.25. The molecule has 5 heteroatoms.